The molecule has 0 aromatic heterocycles. The van der Waals surface area contributed by atoms with Gasteiger partial charge in [-0.1, -0.05) is 24.6 Å². The fraction of sp³-hybridized carbons (Fsp3) is 0.667. The highest BCUT2D eigenvalue weighted by molar-refractivity contribution is 6.25. The van der Waals surface area contributed by atoms with Gasteiger partial charge in [0.05, 0.1) is 0 Å². The van der Waals surface area contributed by atoms with Crippen LogP contribution in [0.1, 0.15) is 26.2 Å². The van der Waals surface area contributed by atoms with E-state index in [-0.39, 0.29) is 16.6 Å². The molecule has 0 saturated heterocycles. The van der Waals surface area contributed by atoms with Crippen molar-refractivity contribution in [1.29, 1.82) is 0 Å². The van der Waals surface area contributed by atoms with Crippen LogP contribution in [-0.2, 0) is 4.79 Å². The van der Waals surface area contributed by atoms with Crippen molar-refractivity contribution in [2.75, 3.05) is 0 Å². The molecule has 3 heteroatoms. The van der Waals surface area contributed by atoms with E-state index in [0.29, 0.717) is 12.8 Å². The second-order valence-corrected chi connectivity index (χ2v) is 4.30. The maximum atomic E-state index is 11.2. The second-order valence-electron chi connectivity index (χ2n) is 3.52. The monoisotopic (exact) mass is 206 g/mol. The molecule has 0 aliphatic heterocycles. The van der Waals surface area contributed by atoms with Crippen molar-refractivity contribution in [3.05, 3.63) is 11.6 Å². The van der Waals surface area contributed by atoms with Gasteiger partial charge in [0, 0.05) is 29.2 Å². The summed E-state index contributed by atoms with van der Waals surface area (Å²) in [5.74, 6) is 0.282. The molecule has 1 saturated carbocycles. The third-order valence-electron chi connectivity index (χ3n) is 2.41. The summed E-state index contributed by atoms with van der Waals surface area (Å²) in [7, 11) is 0. The number of carbonyl (C=O) groups is 1. The average molecular weight is 207 g/mol. The van der Waals surface area contributed by atoms with Crippen molar-refractivity contribution in [3.63, 3.8) is 0 Å². The van der Waals surface area contributed by atoms with Gasteiger partial charge < -0.3 is 0 Å². The average Bonchev–Trinajstić information content (AvgIpc) is 1.98. The predicted molar refractivity (Wildman–Crippen MR) is 51.6 cm³/mol. The fourth-order valence-corrected chi connectivity index (χ4v) is 2.10. The Morgan fingerprint density at radius 1 is 1.67 bits per heavy atom. The van der Waals surface area contributed by atoms with E-state index < -0.39 is 0 Å². The molecule has 0 spiro atoms. The molecule has 0 aromatic rings. The van der Waals surface area contributed by atoms with Gasteiger partial charge in [0.15, 0.2) is 0 Å². The van der Waals surface area contributed by atoms with Crippen molar-refractivity contribution in [2.24, 2.45) is 5.41 Å². The molecule has 1 nitrogen and oxygen atoms in total. The Hall–Kier alpha value is -0.0100. The van der Waals surface area contributed by atoms with Crippen LogP contribution in [0.4, 0.5) is 0 Å². The first-order valence-electron chi connectivity index (χ1n) is 4.02. The normalized spacial score (nSPS) is 37.6. The summed E-state index contributed by atoms with van der Waals surface area (Å²) in [6.45, 7) is 1.97. The van der Waals surface area contributed by atoms with Crippen LogP contribution < -0.4 is 0 Å². The van der Waals surface area contributed by atoms with E-state index >= 15 is 0 Å². The lowest BCUT2D eigenvalue weighted by Crippen LogP contribution is -2.34. The molecule has 0 radical (unpaired) electrons. The highest BCUT2D eigenvalue weighted by Gasteiger charge is 2.36. The lowest BCUT2D eigenvalue weighted by Gasteiger charge is -2.34. The summed E-state index contributed by atoms with van der Waals surface area (Å²) < 4.78 is 0. The van der Waals surface area contributed by atoms with Crippen molar-refractivity contribution in [1.82, 2.24) is 0 Å². The van der Waals surface area contributed by atoms with Gasteiger partial charge in [0.25, 0.3) is 0 Å². The van der Waals surface area contributed by atoms with Crippen molar-refractivity contribution in [2.45, 2.75) is 31.6 Å². The summed E-state index contributed by atoms with van der Waals surface area (Å²) in [6, 6.07) is 0. The molecule has 0 aromatic carbocycles. The molecule has 1 aliphatic carbocycles. The lowest BCUT2D eigenvalue weighted by molar-refractivity contribution is -0.122. The van der Waals surface area contributed by atoms with Crippen LogP contribution in [0.25, 0.3) is 0 Å². The molecular formula is C9H12Cl2O. The minimum Gasteiger partial charge on any atom is -0.300 e. The van der Waals surface area contributed by atoms with Crippen LogP contribution in [0.5, 0.6) is 0 Å². The summed E-state index contributed by atoms with van der Waals surface area (Å²) in [5, 5.41) is 0.0326. The summed E-state index contributed by atoms with van der Waals surface area (Å²) in [5.41, 5.74) is 1.21. The van der Waals surface area contributed by atoms with Crippen molar-refractivity contribution < 1.29 is 4.79 Å². The van der Waals surface area contributed by atoms with E-state index in [0.717, 1.165) is 6.42 Å². The fourth-order valence-electron chi connectivity index (χ4n) is 1.55. The van der Waals surface area contributed by atoms with E-state index in [4.69, 9.17) is 23.2 Å². The molecule has 1 rings (SSSR count). The van der Waals surface area contributed by atoms with E-state index in [9.17, 15) is 4.79 Å². The third kappa shape index (κ3) is 2.02. The highest BCUT2D eigenvalue weighted by Crippen LogP contribution is 2.39. The number of alkyl halides is 1. The molecule has 12 heavy (non-hydrogen) atoms. The number of hydrogen-bond donors (Lipinski definition) is 0. The number of allylic oxidation sites excluding steroid dienone is 1. The second kappa shape index (κ2) is 3.80. The first kappa shape index (κ1) is 10.1. The van der Waals surface area contributed by atoms with Crippen molar-refractivity contribution >= 4 is 29.0 Å². The highest BCUT2D eigenvalue weighted by atomic mass is 35.5. The minimum absolute atomic E-state index is 0.0326. The van der Waals surface area contributed by atoms with Gasteiger partial charge in [-0.2, -0.15) is 0 Å². The number of rotatable bonds is 1. The number of ketones is 1. The Balaban J connectivity index is 2.77. The zero-order valence-electron chi connectivity index (χ0n) is 7.02. The van der Waals surface area contributed by atoms with Gasteiger partial charge in [-0.3, -0.25) is 4.79 Å². The van der Waals surface area contributed by atoms with Gasteiger partial charge in [-0.05, 0) is 6.42 Å². The number of hydrogen-bond acceptors (Lipinski definition) is 1. The Labute approximate surface area is 82.7 Å². The maximum absolute atomic E-state index is 11.2. The van der Waals surface area contributed by atoms with Crippen LogP contribution in [0, 0.1) is 5.41 Å². The van der Waals surface area contributed by atoms with Gasteiger partial charge in [-0.25, -0.2) is 0 Å². The summed E-state index contributed by atoms with van der Waals surface area (Å²) in [4.78, 5) is 11.2. The van der Waals surface area contributed by atoms with E-state index in [1.807, 2.05) is 13.0 Å². The topological polar surface area (TPSA) is 17.1 Å². The lowest BCUT2D eigenvalue weighted by atomic mass is 9.75. The Bertz CT molecular complexity index is 213. The van der Waals surface area contributed by atoms with E-state index in [1.165, 1.54) is 5.54 Å². The van der Waals surface area contributed by atoms with Crippen LogP contribution >= 0.6 is 23.2 Å². The molecule has 0 amide bonds. The zero-order valence-corrected chi connectivity index (χ0v) is 8.53. The number of carbonyl (C=O) groups excluding carboxylic acids is 1. The first-order chi connectivity index (χ1) is 5.58. The summed E-state index contributed by atoms with van der Waals surface area (Å²) >= 11 is 11.6. The predicted octanol–water partition coefficient (Wildman–Crippen LogP) is 3.11. The van der Waals surface area contributed by atoms with Crippen LogP contribution in [-0.4, -0.2) is 11.2 Å². The third-order valence-corrected chi connectivity index (χ3v) is 3.26. The van der Waals surface area contributed by atoms with Gasteiger partial charge >= 0.3 is 0 Å². The van der Waals surface area contributed by atoms with Crippen LogP contribution in [0.15, 0.2) is 11.6 Å². The number of Topliss-reactive ketones (excluding diaryl/α,β-unsaturated/α-hetero) is 1. The SMILES string of the molecule is C[C@]1(/C=C/Cl)CC(=O)CC[C@H]1Cl. The smallest absolute Gasteiger partial charge is 0.133 e. The molecule has 68 valence electrons. The Morgan fingerprint density at radius 3 is 2.92 bits per heavy atom. The Morgan fingerprint density at radius 2 is 2.33 bits per heavy atom. The van der Waals surface area contributed by atoms with Crippen LogP contribution in [0.3, 0.4) is 0 Å². The molecule has 0 N–H and O–H groups in total. The van der Waals surface area contributed by atoms with Gasteiger partial charge in [0.2, 0.25) is 0 Å². The molecule has 0 heterocycles. The molecule has 2 atom stereocenters. The zero-order chi connectivity index (χ0) is 9.19. The van der Waals surface area contributed by atoms with Gasteiger partial charge in [-0.15, -0.1) is 11.6 Å². The number of halogens is 2. The molecule has 0 unspecified atom stereocenters. The first-order valence-corrected chi connectivity index (χ1v) is 4.89. The molecule has 1 fully saturated rings. The Kier molecular flexibility index (Phi) is 3.19. The van der Waals surface area contributed by atoms with E-state index in [2.05, 4.69) is 0 Å². The molecule has 0 bridgehead atoms. The quantitative estimate of drug-likeness (QED) is 0.603. The van der Waals surface area contributed by atoms with Crippen LogP contribution in [0.2, 0.25) is 0 Å². The molecule has 1 aliphatic rings. The van der Waals surface area contributed by atoms with Gasteiger partial charge in [0.1, 0.15) is 5.78 Å². The van der Waals surface area contributed by atoms with E-state index in [1.54, 1.807) is 0 Å². The van der Waals surface area contributed by atoms with Crippen molar-refractivity contribution in [3.8, 4) is 0 Å². The standard InChI is InChI=1S/C9H12Cl2O/c1-9(4-5-10)6-7(12)2-3-8(9)11/h4-5,8H,2-3,6H2,1H3/b5-4+/t8-,9+/m1/s1. The molecular weight excluding hydrogens is 195 g/mol. The minimum atomic E-state index is -0.237. The summed E-state index contributed by atoms with van der Waals surface area (Å²) in [6.07, 6.45) is 3.71. The largest absolute Gasteiger partial charge is 0.300 e. The maximum Gasteiger partial charge on any atom is 0.133 e.